The van der Waals surface area contributed by atoms with Crippen molar-refractivity contribution in [3.63, 3.8) is 0 Å². The summed E-state index contributed by atoms with van der Waals surface area (Å²) in [5.74, 6) is 1.14. The fraction of sp³-hybridized carbons (Fsp3) is 0.333. The minimum atomic E-state index is -0.218. The predicted molar refractivity (Wildman–Crippen MR) is 119 cm³/mol. The third-order valence-electron chi connectivity index (χ3n) is 5.19. The fourth-order valence-corrected chi connectivity index (χ4v) is 4.07. The highest BCUT2D eigenvalue weighted by atomic mass is 35.5. The molecule has 0 spiro atoms. The Hall–Kier alpha value is -2.79. The molecule has 0 saturated carbocycles. The SMILES string of the molecule is CCCOc1cccc(C2c3c(-c4ccc(Cl)cc4)n[nH]c3C(=O)N2CC(C)C)c1. The van der Waals surface area contributed by atoms with Crippen LogP contribution in [0.4, 0.5) is 0 Å². The quantitative estimate of drug-likeness (QED) is 0.528. The average Bonchev–Trinajstić information content (AvgIpc) is 3.26. The molecular formula is C24H26ClN3O2. The average molecular weight is 424 g/mol. The molecule has 1 aliphatic rings. The Bertz CT molecular complexity index is 1040. The molecule has 0 saturated heterocycles. The number of nitrogens with zero attached hydrogens (tertiary/aromatic N) is 2. The highest BCUT2D eigenvalue weighted by Crippen LogP contribution is 2.43. The summed E-state index contributed by atoms with van der Waals surface area (Å²) in [6, 6.07) is 15.4. The van der Waals surface area contributed by atoms with Crippen LogP contribution in [0.1, 0.15) is 54.8 Å². The van der Waals surface area contributed by atoms with Crippen LogP contribution in [0.3, 0.4) is 0 Å². The Balaban J connectivity index is 1.82. The molecule has 3 aromatic rings. The second-order valence-corrected chi connectivity index (χ2v) is 8.48. The van der Waals surface area contributed by atoms with Gasteiger partial charge in [-0.05, 0) is 42.2 Å². The van der Waals surface area contributed by atoms with Crippen LogP contribution in [-0.4, -0.2) is 34.2 Å². The third kappa shape index (κ3) is 3.82. The van der Waals surface area contributed by atoms with Crippen molar-refractivity contribution in [3.05, 3.63) is 70.4 Å². The molecule has 1 aromatic heterocycles. The van der Waals surface area contributed by atoms with Gasteiger partial charge in [0.05, 0.1) is 18.3 Å². The van der Waals surface area contributed by atoms with Gasteiger partial charge in [-0.2, -0.15) is 5.10 Å². The predicted octanol–water partition coefficient (Wildman–Crippen LogP) is 5.72. The van der Waals surface area contributed by atoms with E-state index >= 15 is 0 Å². The Kier molecular flexibility index (Phi) is 5.82. The van der Waals surface area contributed by atoms with Crippen LogP contribution >= 0.6 is 11.6 Å². The molecule has 1 unspecified atom stereocenters. The first-order valence-electron chi connectivity index (χ1n) is 10.4. The lowest BCUT2D eigenvalue weighted by molar-refractivity contribution is 0.0722. The number of halogens is 1. The van der Waals surface area contributed by atoms with Crippen LogP contribution in [0.5, 0.6) is 5.75 Å². The van der Waals surface area contributed by atoms with Gasteiger partial charge in [-0.15, -0.1) is 0 Å². The number of H-pyrrole nitrogens is 1. The van der Waals surface area contributed by atoms with Crippen LogP contribution in [0.15, 0.2) is 48.5 Å². The molecule has 6 heteroatoms. The molecule has 5 nitrogen and oxygen atoms in total. The maximum atomic E-state index is 13.3. The Morgan fingerprint density at radius 2 is 1.97 bits per heavy atom. The van der Waals surface area contributed by atoms with E-state index in [2.05, 4.69) is 37.0 Å². The van der Waals surface area contributed by atoms with Crippen LogP contribution in [0.25, 0.3) is 11.3 Å². The highest BCUT2D eigenvalue weighted by molar-refractivity contribution is 6.30. The van der Waals surface area contributed by atoms with Gasteiger partial charge in [-0.1, -0.05) is 56.6 Å². The molecule has 1 atom stereocenters. The number of carbonyl (C=O) groups excluding carboxylic acids is 1. The molecule has 4 rings (SSSR count). The standard InChI is InChI=1S/C24H26ClN3O2/c1-4-12-30-19-7-5-6-17(13-19)23-20-21(16-8-10-18(25)11-9-16)26-27-22(20)24(29)28(23)14-15(2)3/h5-11,13,15,23H,4,12,14H2,1-3H3,(H,26,27). The van der Waals surface area contributed by atoms with Crippen molar-refractivity contribution >= 4 is 17.5 Å². The summed E-state index contributed by atoms with van der Waals surface area (Å²) in [5, 5.41) is 8.17. The minimum absolute atomic E-state index is 0.0173. The summed E-state index contributed by atoms with van der Waals surface area (Å²) in [4.78, 5) is 15.2. The van der Waals surface area contributed by atoms with E-state index in [0.717, 1.165) is 34.6 Å². The van der Waals surface area contributed by atoms with Crippen LogP contribution in [-0.2, 0) is 0 Å². The van der Waals surface area contributed by atoms with Crippen LogP contribution < -0.4 is 4.74 Å². The number of fused-ring (bicyclic) bond motifs is 1. The summed E-state index contributed by atoms with van der Waals surface area (Å²) < 4.78 is 5.85. The number of carbonyl (C=O) groups is 1. The first-order valence-corrected chi connectivity index (χ1v) is 10.7. The first kappa shape index (κ1) is 20.5. The maximum absolute atomic E-state index is 13.3. The Morgan fingerprint density at radius 1 is 1.20 bits per heavy atom. The lowest BCUT2D eigenvalue weighted by Crippen LogP contribution is -2.32. The first-order chi connectivity index (χ1) is 14.5. The van der Waals surface area contributed by atoms with Crippen LogP contribution in [0, 0.1) is 5.92 Å². The zero-order chi connectivity index (χ0) is 21.3. The summed E-state index contributed by atoms with van der Waals surface area (Å²) in [5.41, 5.74) is 4.21. The van der Waals surface area contributed by atoms with E-state index < -0.39 is 0 Å². The fourth-order valence-electron chi connectivity index (χ4n) is 3.95. The second kappa shape index (κ2) is 8.52. The number of benzene rings is 2. The van der Waals surface area contributed by atoms with Crippen molar-refractivity contribution in [2.45, 2.75) is 33.2 Å². The summed E-state index contributed by atoms with van der Waals surface area (Å²) >= 11 is 6.07. The van der Waals surface area contributed by atoms with E-state index in [1.54, 1.807) is 0 Å². The van der Waals surface area contributed by atoms with Crippen molar-refractivity contribution in [1.82, 2.24) is 15.1 Å². The second-order valence-electron chi connectivity index (χ2n) is 8.04. The molecular weight excluding hydrogens is 398 g/mol. The Labute approximate surface area is 182 Å². The third-order valence-corrected chi connectivity index (χ3v) is 5.44. The van der Waals surface area contributed by atoms with E-state index in [1.165, 1.54) is 0 Å². The van der Waals surface area contributed by atoms with Gasteiger partial charge >= 0.3 is 0 Å². The number of hydrogen-bond acceptors (Lipinski definition) is 3. The van der Waals surface area contributed by atoms with Crippen molar-refractivity contribution in [2.75, 3.05) is 13.2 Å². The topological polar surface area (TPSA) is 58.2 Å². The number of nitrogens with one attached hydrogen (secondary N) is 1. The lowest BCUT2D eigenvalue weighted by Gasteiger charge is -2.28. The normalized spacial score (nSPS) is 15.7. The number of ether oxygens (including phenoxy) is 1. The van der Waals surface area contributed by atoms with E-state index in [0.29, 0.717) is 29.8 Å². The van der Waals surface area contributed by atoms with Crippen molar-refractivity contribution in [1.29, 1.82) is 0 Å². The van der Waals surface area contributed by atoms with E-state index in [4.69, 9.17) is 16.3 Å². The van der Waals surface area contributed by atoms with Gasteiger partial charge in [0.25, 0.3) is 5.91 Å². The molecule has 0 fully saturated rings. The van der Waals surface area contributed by atoms with Crippen molar-refractivity contribution < 1.29 is 9.53 Å². The molecule has 0 aliphatic carbocycles. The summed E-state index contributed by atoms with van der Waals surface area (Å²) in [6.07, 6.45) is 0.943. The maximum Gasteiger partial charge on any atom is 0.273 e. The van der Waals surface area contributed by atoms with Crippen LogP contribution in [0.2, 0.25) is 5.02 Å². The lowest BCUT2D eigenvalue weighted by atomic mass is 9.95. The summed E-state index contributed by atoms with van der Waals surface area (Å²) in [6.45, 7) is 7.65. The Morgan fingerprint density at radius 3 is 2.67 bits per heavy atom. The molecule has 0 radical (unpaired) electrons. The van der Waals surface area contributed by atoms with Gasteiger partial charge in [-0.25, -0.2) is 0 Å². The number of aromatic amines is 1. The molecule has 30 heavy (non-hydrogen) atoms. The number of rotatable bonds is 7. The molecule has 2 aromatic carbocycles. The van der Waals surface area contributed by atoms with Gasteiger partial charge in [0.15, 0.2) is 0 Å². The highest BCUT2D eigenvalue weighted by Gasteiger charge is 2.42. The molecule has 2 heterocycles. The van der Waals surface area contributed by atoms with Gasteiger partial charge in [0.1, 0.15) is 11.4 Å². The largest absolute Gasteiger partial charge is 0.494 e. The van der Waals surface area contributed by atoms with Gasteiger partial charge < -0.3 is 9.64 Å². The van der Waals surface area contributed by atoms with Gasteiger partial charge in [-0.3, -0.25) is 9.89 Å². The number of aromatic nitrogens is 2. The number of hydrogen-bond donors (Lipinski definition) is 1. The zero-order valence-electron chi connectivity index (χ0n) is 17.5. The molecule has 1 amide bonds. The monoisotopic (exact) mass is 423 g/mol. The van der Waals surface area contributed by atoms with E-state index in [-0.39, 0.29) is 11.9 Å². The molecule has 1 aliphatic heterocycles. The van der Waals surface area contributed by atoms with Crippen molar-refractivity contribution in [3.8, 4) is 17.0 Å². The van der Waals surface area contributed by atoms with Gasteiger partial charge in [0.2, 0.25) is 0 Å². The van der Waals surface area contributed by atoms with E-state index in [1.807, 2.05) is 47.4 Å². The smallest absolute Gasteiger partial charge is 0.273 e. The van der Waals surface area contributed by atoms with E-state index in [9.17, 15) is 4.79 Å². The molecule has 1 N–H and O–H groups in total. The van der Waals surface area contributed by atoms with Gasteiger partial charge in [0, 0.05) is 22.7 Å². The number of amides is 1. The molecule has 0 bridgehead atoms. The van der Waals surface area contributed by atoms with Crippen molar-refractivity contribution in [2.24, 2.45) is 5.92 Å². The zero-order valence-corrected chi connectivity index (χ0v) is 18.2. The summed E-state index contributed by atoms with van der Waals surface area (Å²) in [7, 11) is 0. The minimum Gasteiger partial charge on any atom is -0.494 e. The molecule has 156 valence electrons.